The van der Waals surface area contributed by atoms with Gasteiger partial charge in [-0.1, -0.05) is 19.1 Å². The summed E-state index contributed by atoms with van der Waals surface area (Å²) in [4.78, 5) is 25.0. The molecule has 0 aliphatic carbocycles. The van der Waals surface area contributed by atoms with Gasteiger partial charge in [-0.15, -0.1) is 0 Å². The van der Waals surface area contributed by atoms with Gasteiger partial charge >= 0.3 is 0 Å². The van der Waals surface area contributed by atoms with Crippen molar-refractivity contribution in [3.63, 3.8) is 0 Å². The lowest BCUT2D eigenvalue weighted by Crippen LogP contribution is -2.57. The van der Waals surface area contributed by atoms with Crippen molar-refractivity contribution >= 4 is 11.8 Å². The Morgan fingerprint density at radius 3 is 2.61 bits per heavy atom. The molecule has 0 bridgehead atoms. The van der Waals surface area contributed by atoms with Crippen molar-refractivity contribution in [2.24, 2.45) is 0 Å². The van der Waals surface area contributed by atoms with Gasteiger partial charge in [0.05, 0.1) is 19.1 Å². The van der Waals surface area contributed by atoms with Gasteiger partial charge < -0.3 is 5.11 Å². The molecule has 1 aromatic rings. The number of benzene rings is 1. The first-order chi connectivity index (χ1) is 8.61. The minimum atomic E-state index is -0.278. The fourth-order valence-electron chi connectivity index (χ4n) is 1.97. The van der Waals surface area contributed by atoms with Crippen LogP contribution >= 0.6 is 0 Å². The van der Waals surface area contributed by atoms with Crippen LogP contribution in [-0.2, 0) is 16.1 Å². The average Bonchev–Trinajstić information content (AvgIpc) is 2.37. The van der Waals surface area contributed by atoms with Gasteiger partial charge in [0.2, 0.25) is 11.8 Å². The summed E-state index contributed by atoms with van der Waals surface area (Å²) < 4.78 is 0. The van der Waals surface area contributed by atoms with E-state index in [1.807, 2.05) is 6.92 Å². The molecule has 1 aromatic carbocycles. The minimum Gasteiger partial charge on any atom is -0.508 e. The summed E-state index contributed by atoms with van der Waals surface area (Å²) in [5.74, 6) is -0.220. The third-order valence-electron chi connectivity index (χ3n) is 3.05. The maximum Gasteiger partial charge on any atom is 0.246 e. The number of amides is 2. The number of nitrogens with one attached hydrogen (secondary N) is 1. The van der Waals surface area contributed by atoms with E-state index in [9.17, 15) is 14.7 Å². The maximum absolute atomic E-state index is 12.0. The van der Waals surface area contributed by atoms with Gasteiger partial charge in [0.25, 0.3) is 0 Å². The molecule has 5 heteroatoms. The van der Waals surface area contributed by atoms with Gasteiger partial charge in [0, 0.05) is 0 Å². The zero-order valence-corrected chi connectivity index (χ0v) is 10.2. The van der Waals surface area contributed by atoms with E-state index in [-0.39, 0.29) is 36.7 Å². The molecule has 2 amide bonds. The van der Waals surface area contributed by atoms with Crippen LogP contribution in [0.1, 0.15) is 18.9 Å². The van der Waals surface area contributed by atoms with Crippen LogP contribution in [-0.4, -0.2) is 34.4 Å². The van der Waals surface area contributed by atoms with E-state index in [1.165, 1.54) is 4.90 Å². The van der Waals surface area contributed by atoms with Gasteiger partial charge in [-0.3, -0.25) is 19.8 Å². The number of nitrogens with zero attached hydrogens (tertiary/aromatic N) is 1. The Hall–Kier alpha value is -1.88. The van der Waals surface area contributed by atoms with Crippen LogP contribution in [0.5, 0.6) is 5.75 Å². The van der Waals surface area contributed by atoms with Crippen LogP contribution < -0.4 is 5.32 Å². The van der Waals surface area contributed by atoms with Crippen molar-refractivity contribution < 1.29 is 14.7 Å². The van der Waals surface area contributed by atoms with Gasteiger partial charge in [-0.05, 0) is 24.1 Å². The first-order valence-electron chi connectivity index (χ1n) is 5.97. The van der Waals surface area contributed by atoms with Crippen molar-refractivity contribution in [2.75, 3.05) is 6.54 Å². The smallest absolute Gasteiger partial charge is 0.246 e. The van der Waals surface area contributed by atoms with Crippen molar-refractivity contribution in [3.8, 4) is 5.75 Å². The summed E-state index contributed by atoms with van der Waals surface area (Å²) in [6, 6.07) is 6.23. The molecule has 1 atom stereocenters. The van der Waals surface area contributed by atoms with Crippen molar-refractivity contribution in [3.05, 3.63) is 29.8 Å². The maximum atomic E-state index is 12.0. The predicted octanol–water partition coefficient (Wildman–Crippen LogP) is 0.629. The van der Waals surface area contributed by atoms with Gasteiger partial charge in [-0.25, -0.2) is 0 Å². The third-order valence-corrected chi connectivity index (χ3v) is 3.05. The molecular formula is C13H16N2O3. The van der Waals surface area contributed by atoms with Gasteiger partial charge in [0.15, 0.2) is 0 Å². The summed E-state index contributed by atoms with van der Waals surface area (Å²) in [6.45, 7) is 2.36. The average molecular weight is 248 g/mol. The number of hydrogen-bond donors (Lipinski definition) is 2. The Bertz CT molecular complexity index is 456. The van der Waals surface area contributed by atoms with Crippen molar-refractivity contribution in [2.45, 2.75) is 25.9 Å². The number of carbonyl (C=O) groups excluding carboxylic acids is 2. The fraction of sp³-hybridized carbons (Fsp3) is 0.385. The fourth-order valence-corrected chi connectivity index (χ4v) is 1.97. The van der Waals surface area contributed by atoms with Crippen molar-refractivity contribution in [1.82, 2.24) is 10.2 Å². The zero-order chi connectivity index (χ0) is 13.1. The van der Waals surface area contributed by atoms with Crippen molar-refractivity contribution in [1.29, 1.82) is 0 Å². The first-order valence-corrected chi connectivity index (χ1v) is 5.97. The van der Waals surface area contributed by atoms with E-state index in [0.29, 0.717) is 6.42 Å². The molecule has 1 heterocycles. The number of imide groups is 1. The monoisotopic (exact) mass is 248 g/mol. The molecule has 2 rings (SSSR count). The second-order valence-corrected chi connectivity index (χ2v) is 4.33. The SMILES string of the molecule is CCC1NCC(=O)N(Cc2ccc(O)cc2)C1=O. The highest BCUT2D eigenvalue weighted by Gasteiger charge is 2.32. The number of piperazine rings is 1. The van der Waals surface area contributed by atoms with Crippen LogP contribution in [0.4, 0.5) is 0 Å². The van der Waals surface area contributed by atoms with Crippen LogP contribution in [0.25, 0.3) is 0 Å². The van der Waals surface area contributed by atoms with E-state index in [1.54, 1.807) is 24.3 Å². The molecule has 1 aliphatic heterocycles. The molecule has 1 aliphatic rings. The topological polar surface area (TPSA) is 69.6 Å². The van der Waals surface area contributed by atoms with Gasteiger partial charge in [-0.2, -0.15) is 0 Å². The molecule has 2 N–H and O–H groups in total. The lowest BCUT2D eigenvalue weighted by atomic mass is 10.1. The molecule has 18 heavy (non-hydrogen) atoms. The Balaban J connectivity index is 2.13. The molecular weight excluding hydrogens is 232 g/mol. The Labute approximate surface area is 105 Å². The lowest BCUT2D eigenvalue weighted by molar-refractivity contribution is -0.150. The second kappa shape index (κ2) is 5.18. The van der Waals surface area contributed by atoms with E-state index >= 15 is 0 Å². The van der Waals surface area contributed by atoms with Crippen LogP contribution in [0.2, 0.25) is 0 Å². The number of aromatic hydroxyl groups is 1. The van der Waals surface area contributed by atoms with Crippen LogP contribution in [0, 0.1) is 0 Å². The predicted molar refractivity (Wildman–Crippen MR) is 65.7 cm³/mol. The largest absolute Gasteiger partial charge is 0.508 e. The Morgan fingerprint density at radius 2 is 2.00 bits per heavy atom. The van der Waals surface area contributed by atoms with E-state index in [4.69, 9.17) is 0 Å². The highest BCUT2D eigenvalue weighted by Crippen LogP contribution is 2.14. The minimum absolute atomic E-state index is 0.170. The number of rotatable bonds is 3. The third kappa shape index (κ3) is 2.51. The molecule has 96 valence electrons. The van der Waals surface area contributed by atoms with Gasteiger partial charge in [0.1, 0.15) is 5.75 Å². The van der Waals surface area contributed by atoms with E-state index in [2.05, 4.69) is 5.32 Å². The second-order valence-electron chi connectivity index (χ2n) is 4.33. The molecule has 1 unspecified atom stereocenters. The zero-order valence-electron chi connectivity index (χ0n) is 10.2. The number of carbonyl (C=O) groups is 2. The van der Waals surface area contributed by atoms with E-state index < -0.39 is 0 Å². The first kappa shape index (κ1) is 12.6. The quantitative estimate of drug-likeness (QED) is 0.770. The molecule has 1 fully saturated rings. The molecule has 0 spiro atoms. The Kier molecular flexibility index (Phi) is 3.62. The molecule has 5 nitrogen and oxygen atoms in total. The molecule has 0 radical (unpaired) electrons. The number of phenols is 1. The summed E-state index contributed by atoms with van der Waals surface area (Å²) in [6.07, 6.45) is 0.665. The molecule has 0 aromatic heterocycles. The lowest BCUT2D eigenvalue weighted by Gasteiger charge is -2.31. The molecule has 0 saturated carbocycles. The van der Waals surface area contributed by atoms with Crippen LogP contribution in [0.15, 0.2) is 24.3 Å². The van der Waals surface area contributed by atoms with Crippen LogP contribution in [0.3, 0.4) is 0 Å². The highest BCUT2D eigenvalue weighted by molar-refractivity contribution is 6.01. The highest BCUT2D eigenvalue weighted by atomic mass is 16.3. The van der Waals surface area contributed by atoms with E-state index in [0.717, 1.165) is 5.56 Å². The summed E-state index contributed by atoms with van der Waals surface area (Å²) >= 11 is 0. The standard InChI is InChI=1S/C13H16N2O3/c1-2-11-13(18)15(12(17)7-14-11)8-9-3-5-10(16)6-4-9/h3-6,11,14,16H,2,7-8H2,1H3. The molecule has 1 saturated heterocycles. The normalized spacial score (nSPS) is 20.3. The summed E-state index contributed by atoms with van der Waals surface area (Å²) in [5, 5.41) is 12.1. The summed E-state index contributed by atoms with van der Waals surface area (Å²) in [5.41, 5.74) is 0.825. The Morgan fingerprint density at radius 1 is 1.33 bits per heavy atom. The summed E-state index contributed by atoms with van der Waals surface area (Å²) in [7, 11) is 0. The number of phenolic OH excluding ortho intramolecular Hbond substituents is 1. The number of hydrogen-bond acceptors (Lipinski definition) is 4.